The topological polar surface area (TPSA) is 79.2 Å². The third-order valence-corrected chi connectivity index (χ3v) is 3.34. The molecule has 8 heteroatoms. The number of ether oxygens (including phenoxy) is 1. The maximum atomic E-state index is 12.7. The minimum absolute atomic E-state index is 0.314. The highest BCUT2D eigenvalue weighted by Gasteiger charge is 2.31. The van der Waals surface area contributed by atoms with E-state index in [2.05, 4.69) is 5.32 Å². The molecule has 0 bridgehead atoms. The van der Waals surface area contributed by atoms with Crippen molar-refractivity contribution in [2.75, 3.05) is 5.32 Å². The first-order chi connectivity index (χ1) is 12.2. The number of nitrogens with zero attached hydrogens (tertiary/aromatic N) is 1. The number of carbonyl (C=O) groups is 2. The Morgan fingerprint density at radius 1 is 1.15 bits per heavy atom. The third kappa shape index (κ3) is 4.83. The lowest BCUT2D eigenvalue weighted by Crippen LogP contribution is -2.30. The molecule has 26 heavy (non-hydrogen) atoms. The first-order valence-electron chi connectivity index (χ1n) is 7.40. The Hall–Kier alpha value is -3.34. The first kappa shape index (κ1) is 19.0. The van der Waals surface area contributed by atoms with Crippen LogP contribution in [-0.2, 0) is 15.7 Å². The minimum Gasteiger partial charge on any atom is -0.449 e. The number of hydrogen-bond donors (Lipinski definition) is 1. The van der Waals surface area contributed by atoms with E-state index in [0.29, 0.717) is 17.3 Å². The van der Waals surface area contributed by atoms with Gasteiger partial charge in [-0.2, -0.15) is 18.4 Å². The van der Waals surface area contributed by atoms with E-state index < -0.39 is 29.7 Å². The molecule has 0 aromatic heterocycles. The molecule has 0 heterocycles. The number of halogens is 3. The lowest BCUT2D eigenvalue weighted by Gasteiger charge is -2.14. The van der Waals surface area contributed by atoms with Gasteiger partial charge in [0, 0.05) is 5.69 Å². The highest BCUT2D eigenvalue weighted by atomic mass is 19.4. The second-order valence-corrected chi connectivity index (χ2v) is 5.31. The summed E-state index contributed by atoms with van der Waals surface area (Å²) in [6.45, 7) is 1.29. The van der Waals surface area contributed by atoms with Crippen LogP contribution in [0.2, 0.25) is 0 Å². The van der Waals surface area contributed by atoms with Crippen molar-refractivity contribution >= 4 is 17.6 Å². The summed E-state index contributed by atoms with van der Waals surface area (Å²) in [6, 6.07) is 11.7. The zero-order chi connectivity index (χ0) is 19.3. The van der Waals surface area contributed by atoms with Gasteiger partial charge in [0.2, 0.25) is 0 Å². The molecular formula is C18H13F3N2O3. The molecule has 0 fully saturated rings. The fourth-order valence-electron chi connectivity index (χ4n) is 2.01. The number of amides is 1. The highest BCUT2D eigenvalue weighted by molar-refractivity contribution is 5.97. The van der Waals surface area contributed by atoms with E-state index in [1.807, 2.05) is 6.07 Å². The molecule has 0 unspecified atom stereocenters. The van der Waals surface area contributed by atoms with Crippen LogP contribution in [0.5, 0.6) is 0 Å². The van der Waals surface area contributed by atoms with Gasteiger partial charge in [0.05, 0.1) is 22.8 Å². The molecule has 1 amide bonds. The van der Waals surface area contributed by atoms with Crippen molar-refractivity contribution in [2.24, 2.45) is 0 Å². The lowest BCUT2D eigenvalue weighted by molar-refractivity contribution is -0.137. The smallest absolute Gasteiger partial charge is 0.416 e. The van der Waals surface area contributed by atoms with Crippen LogP contribution < -0.4 is 5.32 Å². The molecule has 2 aromatic rings. The molecule has 0 aliphatic heterocycles. The number of anilines is 1. The average molecular weight is 362 g/mol. The number of esters is 1. The predicted molar refractivity (Wildman–Crippen MR) is 86.1 cm³/mol. The Labute approximate surface area is 147 Å². The summed E-state index contributed by atoms with van der Waals surface area (Å²) in [7, 11) is 0. The van der Waals surface area contributed by atoms with Gasteiger partial charge in [-0.15, -0.1) is 0 Å². The summed E-state index contributed by atoms with van der Waals surface area (Å²) >= 11 is 0. The van der Waals surface area contributed by atoms with Crippen molar-refractivity contribution < 1.29 is 27.5 Å². The van der Waals surface area contributed by atoms with Crippen molar-refractivity contribution in [1.29, 1.82) is 5.26 Å². The molecule has 1 N–H and O–H groups in total. The normalized spacial score (nSPS) is 12.0. The van der Waals surface area contributed by atoms with Crippen molar-refractivity contribution in [3.8, 4) is 6.07 Å². The summed E-state index contributed by atoms with van der Waals surface area (Å²) in [5, 5.41) is 11.3. The van der Waals surface area contributed by atoms with Crippen LogP contribution in [0.4, 0.5) is 18.9 Å². The van der Waals surface area contributed by atoms with Crippen LogP contribution >= 0.6 is 0 Å². The van der Waals surface area contributed by atoms with E-state index in [-0.39, 0.29) is 5.56 Å². The quantitative estimate of drug-likeness (QED) is 0.840. The monoisotopic (exact) mass is 362 g/mol. The Kier molecular flexibility index (Phi) is 5.62. The fraction of sp³-hybridized carbons (Fsp3) is 0.167. The molecule has 0 saturated carbocycles. The maximum Gasteiger partial charge on any atom is 0.416 e. The van der Waals surface area contributed by atoms with Crippen LogP contribution in [-0.4, -0.2) is 18.0 Å². The van der Waals surface area contributed by atoms with E-state index in [1.165, 1.54) is 19.1 Å². The van der Waals surface area contributed by atoms with Crippen LogP contribution in [0.3, 0.4) is 0 Å². The fourth-order valence-corrected chi connectivity index (χ4v) is 2.01. The number of carbonyl (C=O) groups excluding carboxylic acids is 2. The lowest BCUT2D eigenvalue weighted by atomic mass is 10.1. The molecule has 2 rings (SSSR count). The predicted octanol–water partition coefficient (Wildman–Crippen LogP) is 3.76. The highest BCUT2D eigenvalue weighted by Crippen LogP contribution is 2.29. The Balaban J connectivity index is 2.04. The minimum atomic E-state index is -4.59. The molecule has 0 spiro atoms. The van der Waals surface area contributed by atoms with E-state index in [4.69, 9.17) is 10.00 Å². The first-order valence-corrected chi connectivity index (χ1v) is 7.40. The average Bonchev–Trinajstić information content (AvgIpc) is 2.61. The second kappa shape index (κ2) is 7.70. The van der Waals surface area contributed by atoms with Crippen LogP contribution in [0.1, 0.15) is 28.4 Å². The Bertz CT molecular complexity index is 872. The van der Waals surface area contributed by atoms with E-state index in [0.717, 1.165) is 12.1 Å². The van der Waals surface area contributed by atoms with Crippen molar-refractivity contribution in [3.63, 3.8) is 0 Å². The third-order valence-electron chi connectivity index (χ3n) is 3.34. The zero-order valence-corrected chi connectivity index (χ0v) is 13.5. The molecule has 1 atom stereocenters. The number of benzene rings is 2. The standard InChI is InChI=1S/C18H13F3N2O3/c1-11(16(24)23-15-7-2-4-12(8-15)10-22)26-17(25)13-5-3-6-14(9-13)18(19,20)21/h2-9,11H,1H3,(H,23,24)/t11-/m1/s1. The summed E-state index contributed by atoms with van der Waals surface area (Å²) in [6.07, 6.45) is -5.84. The van der Waals surface area contributed by atoms with Gasteiger partial charge in [-0.3, -0.25) is 4.79 Å². The largest absolute Gasteiger partial charge is 0.449 e. The molecule has 2 aromatic carbocycles. The van der Waals surface area contributed by atoms with Crippen LogP contribution in [0, 0.1) is 11.3 Å². The van der Waals surface area contributed by atoms with Crippen molar-refractivity contribution in [3.05, 3.63) is 65.2 Å². The van der Waals surface area contributed by atoms with Crippen molar-refractivity contribution in [1.82, 2.24) is 0 Å². The number of nitriles is 1. The molecule has 134 valence electrons. The molecule has 5 nitrogen and oxygen atoms in total. The van der Waals surface area contributed by atoms with E-state index in [9.17, 15) is 22.8 Å². The molecule has 0 aliphatic carbocycles. The van der Waals surface area contributed by atoms with E-state index in [1.54, 1.807) is 18.2 Å². The molecule has 0 radical (unpaired) electrons. The van der Waals surface area contributed by atoms with Gasteiger partial charge in [0.1, 0.15) is 0 Å². The summed E-state index contributed by atoms with van der Waals surface area (Å²) in [5.74, 6) is -1.73. The Morgan fingerprint density at radius 2 is 1.85 bits per heavy atom. The number of hydrogen-bond acceptors (Lipinski definition) is 4. The molecule has 0 aliphatic rings. The zero-order valence-electron chi connectivity index (χ0n) is 13.5. The second-order valence-electron chi connectivity index (χ2n) is 5.31. The SMILES string of the molecule is C[C@@H](OC(=O)c1cccc(C(F)(F)F)c1)C(=O)Nc1cccc(C#N)c1. The summed E-state index contributed by atoms with van der Waals surface area (Å²) in [5.41, 5.74) is -0.643. The van der Waals surface area contributed by atoms with Crippen molar-refractivity contribution in [2.45, 2.75) is 19.2 Å². The molecular weight excluding hydrogens is 349 g/mol. The van der Waals surface area contributed by atoms with Gasteiger partial charge >= 0.3 is 12.1 Å². The summed E-state index contributed by atoms with van der Waals surface area (Å²) in [4.78, 5) is 24.0. The van der Waals surface area contributed by atoms with Gasteiger partial charge in [-0.1, -0.05) is 12.1 Å². The number of rotatable bonds is 4. The van der Waals surface area contributed by atoms with Gasteiger partial charge < -0.3 is 10.1 Å². The summed E-state index contributed by atoms with van der Waals surface area (Å²) < 4.78 is 43.0. The van der Waals surface area contributed by atoms with Gasteiger partial charge in [-0.05, 0) is 43.3 Å². The Morgan fingerprint density at radius 3 is 2.50 bits per heavy atom. The maximum absolute atomic E-state index is 12.7. The number of nitrogens with one attached hydrogen (secondary N) is 1. The van der Waals surface area contributed by atoms with Gasteiger partial charge in [0.15, 0.2) is 6.10 Å². The van der Waals surface area contributed by atoms with Crippen LogP contribution in [0.25, 0.3) is 0 Å². The molecule has 0 saturated heterocycles. The number of alkyl halides is 3. The van der Waals surface area contributed by atoms with Gasteiger partial charge in [-0.25, -0.2) is 4.79 Å². The van der Waals surface area contributed by atoms with E-state index >= 15 is 0 Å². The van der Waals surface area contributed by atoms with Gasteiger partial charge in [0.25, 0.3) is 5.91 Å². The van der Waals surface area contributed by atoms with Crippen LogP contribution in [0.15, 0.2) is 48.5 Å².